The number of hydrogen-bond acceptors (Lipinski definition) is 1. The molecule has 0 unspecified atom stereocenters. The number of aromatic nitrogens is 2. The second-order valence-electron chi connectivity index (χ2n) is 2.89. The molecule has 1 aromatic heterocycles. The zero-order chi connectivity index (χ0) is 7.68. The Morgan fingerprint density at radius 2 is 2.45 bits per heavy atom. The molecule has 0 spiro atoms. The number of rotatable bonds is 1. The molecule has 2 heteroatoms. The van der Waals surface area contributed by atoms with Crippen molar-refractivity contribution in [1.82, 2.24) is 9.78 Å². The Bertz CT molecular complexity index is 289. The van der Waals surface area contributed by atoms with Gasteiger partial charge < -0.3 is 0 Å². The van der Waals surface area contributed by atoms with E-state index in [4.69, 9.17) is 6.42 Å². The van der Waals surface area contributed by atoms with Gasteiger partial charge in [-0.2, -0.15) is 5.10 Å². The fourth-order valence-electron chi connectivity index (χ4n) is 1.35. The van der Waals surface area contributed by atoms with Crippen molar-refractivity contribution in [3.8, 4) is 12.3 Å². The normalized spacial score (nSPS) is 17.4. The van der Waals surface area contributed by atoms with E-state index in [0.717, 1.165) is 5.69 Å². The summed E-state index contributed by atoms with van der Waals surface area (Å²) in [5, 5.41) is 4.18. The molecule has 0 atom stereocenters. The van der Waals surface area contributed by atoms with Crippen molar-refractivity contribution < 1.29 is 0 Å². The van der Waals surface area contributed by atoms with Crippen molar-refractivity contribution in [3.63, 3.8) is 0 Å². The molecule has 0 radical (unpaired) electrons. The number of nitrogens with zero attached hydrogens (tertiary/aromatic N) is 2. The Morgan fingerprint density at radius 1 is 1.64 bits per heavy atom. The Balaban J connectivity index is 2.29. The standard InChI is InChI=1S/C9H10N2/c1-2-8-6-7-10-11(8)9-4-3-5-9/h1,6-7,9H,3-5H2. The maximum absolute atomic E-state index is 5.30. The van der Waals surface area contributed by atoms with Crippen LogP contribution in [0.2, 0.25) is 0 Å². The molecule has 1 aliphatic carbocycles. The summed E-state index contributed by atoms with van der Waals surface area (Å²) >= 11 is 0. The van der Waals surface area contributed by atoms with Gasteiger partial charge in [-0.25, -0.2) is 0 Å². The van der Waals surface area contributed by atoms with E-state index in [-0.39, 0.29) is 0 Å². The first kappa shape index (κ1) is 6.48. The van der Waals surface area contributed by atoms with Gasteiger partial charge in [0.15, 0.2) is 0 Å². The van der Waals surface area contributed by atoms with Crippen LogP contribution in [-0.2, 0) is 0 Å². The molecule has 2 rings (SSSR count). The van der Waals surface area contributed by atoms with Gasteiger partial charge in [0.2, 0.25) is 0 Å². The van der Waals surface area contributed by atoms with Crippen molar-refractivity contribution in [1.29, 1.82) is 0 Å². The fraction of sp³-hybridized carbons (Fsp3) is 0.444. The fourth-order valence-corrected chi connectivity index (χ4v) is 1.35. The van der Waals surface area contributed by atoms with Crippen molar-refractivity contribution in [3.05, 3.63) is 18.0 Å². The molecular formula is C9H10N2. The van der Waals surface area contributed by atoms with Crippen LogP contribution in [-0.4, -0.2) is 9.78 Å². The van der Waals surface area contributed by atoms with Crippen molar-refractivity contribution >= 4 is 0 Å². The summed E-state index contributed by atoms with van der Waals surface area (Å²) in [6.07, 6.45) is 10.9. The third-order valence-electron chi connectivity index (χ3n) is 2.24. The monoisotopic (exact) mass is 146 g/mol. The van der Waals surface area contributed by atoms with E-state index in [9.17, 15) is 0 Å². The molecule has 2 nitrogen and oxygen atoms in total. The van der Waals surface area contributed by atoms with Gasteiger partial charge in [-0.05, 0) is 25.3 Å². The summed E-state index contributed by atoms with van der Waals surface area (Å²) in [6.45, 7) is 0. The Hall–Kier alpha value is -1.23. The quantitative estimate of drug-likeness (QED) is 0.550. The molecular weight excluding hydrogens is 136 g/mol. The maximum atomic E-state index is 5.30. The van der Waals surface area contributed by atoms with Crippen LogP contribution in [0.5, 0.6) is 0 Å². The Kier molecular flexibility index (Phi) is 1.43. The highest BCUT2D eigenvalue weighted by Gasteiger charge is 2.21. The van der Waals surface area contributed by atoms with Crippen LogP contribution in [0.1, 0.15) is 31.0 Å². The molecule has 11 heavy (non-hydrogen) atoms. The molecule has 1 saturated carbocycles. The largest absolute Gasteiger partial charge is 0.254 e. The molecule has 56 valence electrons. The molecule has 1 aromatic rings. The molecule has 0 aliphatic heterocycles. The van der Waals surface area contributed by atoms with Gasteiger partial charge in [-0.15, -0.1) is 6.42 Å². The van der Waals surface area contributed by atoms with Gasteiger partial charge >= 0.3 is 0 Å². The van der Waals surface area contributed by atoms with Crippen LogP contribution in [0.15, 0.2) is 12.3 Å². The van der Waals surface area contributed by atoms with Crippen LogP contribution in [0.3, 0.4) is 0 Å². The Labute approximate surface area is 66.2 Å². The lowest BCUT2D eigenvalue weighted by atomic mass is 9.93. The first-order valence-corrected chi connectivity index (χ1v) is 3.92. The lowest BCUT2D eigenvalue weighted by molar-refractivity contribution is 0.287. The van der Waals surface area contributed by atoms with E-state index in [1.165, 1.54) is 19.3 Å². The number of hydrogen-bond donors (Lipinski definition) is 0. The predicted molar refractivity (Wildman–Crippen MR) is 43.1 cm³/mol. The van der Waals surface area contributed by atoms with Gasteiger partial charge in [-0.1, -0.05) is 5.92 Å². The topological polar surface area (TPSA) is 17.8 Å². The van der Waals surface area contributed by atoms with E-state index >= 15 is 0 Å². The third kappa shape index (κ3) is 0.932. The summed E-state index contributed by atoms with van der Waals surface area (Å²) in [7, 11) is 0. The molecule has 0 bridgehead atoms. The second-order valence-corrected chi connectivity index (χ2v) is 2.89. The highest BCUT2D eigenvalue weighted by Crippen LogP contribution is 2.31. The molecule has 0 N–H and O–H groups in total. The van der Waals surface area contributed by atoms with Crippen LogP contribution in [0.25, 0.3) is 0 Å². The van der Waals surface area contributed by atoms with E-state index in [0.29, 0.717) is 6.04 Å². The molecule has 1 heterocycles. The molecule has 1 fully saturated rings. The zero-order valence-corrected chi connectivity index (χ0v) is 6.33. The highest BCUT2D eigenvalue weighted by molar-refractivity contribution is 5.23. The average Bonchev–Trinajstić information content (AvgIpc) is 2.32. The minimum absolute atomic E-state index is 0.580. The number of terminal acetylenes is 1. The third-order valence-corrected chi connectivity index (χ3v) is 2.24. The highest BCUT2D eigenvalue weighted by atomic mass is 15.3. The van der Waals surface area contributed by atoms with Gasteiger partial charge in [0, 0.05) is 0 Å². The second kappa shape index (κ2) is 2.43. The molecule has 0 saturated heterocycles. The van der Waals surface area contributed by atoms with Crippen molar-refractivity contribution in [2.45, 2.75) is 25.3 Å². The maximum Gasteiger partial charge on any atom is 0.111 e. The van der Waals surface area contributed by atoms with Crippen molar-refractivity contribution in [2.75, 3.05) is 0 Å². The molecule has 0 amide bonds. The Morgan fingerprint density at radius 3 is 3.00 bits per heavy atom. The minimum Gasteiger partial charge on any atom is -0.254 e. The summed E-state index contributed by atoms with van der Waals surface area (Å²) in [6, 6.07) is 2.47. The first-order valence-electron chi connectivity index (χ1n) is 3.92. The van der Waals surface area contributed by atoms with E-state index in [1.54, 1.807) is 6.20 Å². The summed E-state index contributed by atoms with van der Waals surface area (Å²) < 4.78 is 1.96. The molecule has 0 aromatic carbocycles. The van der Waals surface area contributed by atoms with E-state index < -0.39 is 0 Å². The van der Waals surface area contributed by atoms with Crippen LogP contribution >= 0.6 is 0 Å². The lowest BCUT2D eigenvalue weighted by Gasteiger charge is -2.26. The summed E-state index contributed by atoms with van der Waals surface area (Å²) in [5.41, 5.74) is 0.912. The molecule has 1 aliphatic rings. The van der Waals surface area contributed by atoms with Crippen LogP contribution in [0.4, 0.5) is 0 Å². The van der Waals surface area contributed by atoms with Gasteiger partial charge in [0.1, 0.15) is 5.69 Å². The van der Waals surface area contributed by atoms with Crippen LogP contribution in [0, 0.1) is 12.3 Å². The average molecular weight is 146 g/mol. The van der Waals surface area contributed by atoms with E-state index in [1.807, 2.05) is 10.7 Å². The first-order chi connectivity index (χ1) is 5.42. The van der Waals surface area contributed by atoms with E-state index in [2.05, 4.69) is 11.0 Å². The zero-order valence-electron chi connectivity index (χ0n) is 6.33. The minimum atomic E-state index is 0.580. The SMILES string of the molecule is C#Cc1ccnn1C1CCC1. The predicted octanol–water partition coefficient (Wildman–Crippen LogP) is 1.59. The van der Waals surface area contributed by atoms with Gasteiger partial charge in [-0.3, -0.25) is 4.68 Å². The lowest BCUT2D eigenvalue weighted by Crippen LogP contribution is -2.19. The summed E-state index contributed by atoms with van der Waals surface area (Å²) in [5.74, 6) is 2.63. The van der Waals surface area contributed by atoms with Crippen molar-refractivity contribution in [2.24, 2.45) is 0 Å². The van der Waals surface area contributed by atoms with Gasteiger partial charge in [0.25, 0.3) is 0 Å². The smallest absolute Gasteiger partial charge is 0.111 e. The van der Waals surface area contributed by atoms with Crippen LogP contribution < -0.4 is 0 Å². The van der Waals surface area contributed by atoms with Gasteiger partial charge in [0.05, 0.1) is 12.2 Å². The summed E-state index contributed by atoms with van der Waals surface area (Å²) in [4.78, 5) is 0.